The van der Waals surface area contributed by atoms with E-state index in [9.17, 15) is 0 Å². The van der Waals surface area contributed by atoms with Crippen molar-refractivity contribution >= 4 is 0 Å². The van der Waals surface area contributed by atoms with E-state index in [0.717, 1.165) is 0 Å². The molecule has 0 aromatic rings. The van der Waals surface area contributed by atoms with Gasteiger partial charge >= 0.3 is 0 Å². The molecule has 0 aliphatic rings. The zero-order valence-electron chi connectivity index (χ0n) is 3.18. The summed E-state index contributed by atoms with van der Waals surface area (Å²) in [6.07, 6.45) is 0. The predicted octanol–water partition coefficient (Wildman–Crippen LogP) is -0.0125. The Hall–Kier alpha value is 3.01. The molecule has 0 N–H and O–H groups in total. The summed E-state index contributed by atoms with van der Waals surface area (Å²) < 4.78 is 0. The maximum atomic E-state index is 0. The molecule has 0 radical (unpaired) electrons. The van der Waals surface area contributed by atoms with Crippen LogP contribution in [-0.4, -0.2) is 0 Å². The van der Waals surface area contributed by atoms with Crippen molar-refractivity contribution in [2.45, 2.75) is 0 Å². The van der Waals surface area contributed by atoms with E-state index in [4.69, 9.17) is 0 Å². The molecule has 0 saturated heterocycles. The van der Waals surface area contributed by atoms with Gasteiger partial charge in [-0.05, 0) is 0 Å². The second kappa shape index (κ2) is 27.9. The molecule has 0 nitrogen and oxygen atoms in total. The van der Waals surface area contributed by atoms with Gasteiger partial charge in [-0.3, -0.25) is 0 Å². The molecule has 0 aromatic carbocycles. The van der Waals surface area contributed by atoms with Crippen molar-refractivity contribution in [1.82, 2.24) is 0 Å². The Morgan fingerprint density at radius 3 is 0.400 bits per heavy atom. The molecule has 0 spiro atoms. The molecule has 0 atom stereocenters. The van der Waals surface area contributed by atoms with Gasteiger partial charge in [0.1, 0.15) is 0 Å². The fraction of sp³-hybridized carbons (Fsp3) is 0. The molecule has 0 rings (SSSR count). The van der Waals surface area contributed by atoms with Crippen LogP contribution in [0.4, 0.5) is 0 Å². The van der Waals surface area contributed by atoms with Gasteiger partial charge in [0, 0.05) is 95.0 Å². The first kappa shape index (κ1) is 43.4. The second-order valence-electron chi connectivity index (χ2n) is 0. The largest absolute Gasteiger partial charge is 0 e. The molecule has 0 heterocycles. The summed E-state index contributed by atoms with van der Waals surface area (Å²) >= 11 is 0. The van der Waals surface area contributed by atoms with Crippen LogP contribution in [0.25, 0.3) is 0 Å². The first-order chi connectivity index (χ1) is 0. The van der Waals surface area contributed by atoms with E-state index < -0.39 is 0 Å². The average molecular weight is 317 g/mol. The van der Waals surface area contributed by atoms with Crippen molar-refractivity contribution in [1.29, 1.82) is 0 Å². The van der Waals surface area contributed by atoms with E-state index in [1.54, 1.807) is 0 Å². The van der Waals surface area contributed by atoms with Gasteiger partial charge in [0.15, 0.2) is 0 Å². The van der Waals surface area contributed by atoms with Crippen molar-refractivity contribution in [3.63, 3.8) is 0 Å². The van der Waals surface area contributed by atoms with Gasteiger partial charge in [-0.25, -0.2) is 0 Å². The summed E-state index contributed by atoms with van der Waals surface area (Å²) in [6, 6.07) is 0. The molecule has 0 bridgehead atoms. The minimum absolute atomic E-state index is 0. The minimum Gasteiger partial charge on any atom is 0 e. The quantitative estimate of drug-likeness (QED) is 0.551. The van der Waals surface area contributed by atoms with Gasteiger partial charge in [0.2, 0.25) is 0 Å². The molecule has 0 aliphatic heterocycles. The summed E-state index contributed by atoms with van der Waals surface area (Å²) in [5, 5.41) is 0. The Bertz CT molecular complexity index is 3.61. The Kier molecular flexibility index (Phi) is 243. The van der Waals surface area contributed by atoms with Gasteiger partial charge in [0.05, 0.1) is 0 Å². The van der Waals surface area contributed by atoms with E-state index in [2.05, 4.69) is 0 Å². The fourth-order valence-electron chi connectivity index (χ4n) is 0. The van der Waals surface area contributed by atoms with E-state index in [1.165, 1.54) is 0 Å². The van der Waals surface area contributed by atoms with Gasteiger partial charge in [-0.1, -0.05) is 0 Å². The van der Waals surface area contributed by atoms with Gasteiger partial charge in [-0.2, -0.15) is 0 Å². The van der Waals surface area contributed by atoms with E-state index in [1.807, 2.05) is 0 Å². The normalized spacial score (nSPS) is 0. The molecule has 0 aliphatic carbocycles. The van der Waals surface area contributed by atoms with Crippen molar-refractivity contribution in [2.75, 3.05) is 0 Å². The molecule has 0 saturated carbocycles. The minimum atomic E-state index is 0. The maximum Gasteiger partial charge on any atom is 0 e. The first-order valence-corrected chi connectivity index (χ1v) is 0. The molecule has 16 valence electrons. The third kappa shape index (κ3) is 19.4. The van der Waals surface area contributed by atoms with Crippen LogP contribution in [0.15, 0.2) is 0 Å². The molecule has 0 aromatic heterocycles. The molecule has 0 amide bonds. The van der Waals surface area contributed by atoms with E-state index in [-0.39, 0.29) is 95.0 Å². The number of hydrogen-bond acceptors (Lipinski definition) is 0. The molecule has 5 heteroatoms. The fourth-order valence-corrected chi connectivity index (χ4v) is 0. The average Bonchev–Trinajstić information content (AvgIpc) is 0. The SMILES string of the molecule is [Fe].[Zn].[Zn].[Zn].[Zn]. The Morgan fingerprint density at radius 1 is 0.400 bits per heavy atom. The third-order valence-corrected chi connectivity index (χ3v) is 0. The summed E-state index contributed by atoms with van der Waals surface area (Å²) in [7, 11) is 0. The summed E-state index contributed by atoms with van der Waals surface area (Å²) in [6.45, 7) is 0. The summed E-state index contributed by atoms with van der Waals surface area (Å²) in [5.74, 6) is 0. The zero-order chi connectivity index (χ0) is 0. The van der Waals surface area contributed by atoms with Crippen molar-refractivity contribution in [3.05, 3.63) is 0 Å². The molecular weight excluding hydrogens is 317 g/mol. The van der Waals surface area contributed by atoms with Crippen molar-refractivity contribution in [2.24, 2.45) is 0 Å². The van der Waals surface area contributed by atoms with Crippen LogP contribution in [-0.2, 0) is 95.0 Å². The first-order valence-electron chi connectivity index (χ1n) is 0. The Morgan fingerprint density at radius 2 is 0.400 bits per heavy atom. The number of rotatable bonds is 0. The third-order valence-electron chi connectivity index (χ3n) is 0. The van der Waals surface area contributed by atoms with Crippen LogP contribution < -0.4 is 0 Å². The Labute approximate surface area is 93.5 Å². The standard InChI is InChI=1S/Fe.4Zn. The maximum absolute atomic E-state index is 0. The smallest absolute Gasteiger partial charge is 0 e. The van der Waals surface area contributed by atoms with E-state index in [0.29, 0.717) is 0 Å². The molecule has 0 unspecified atom stereocenters. The van der Waals surface area contributed by atoms with E-state index >= 15 is 0 Å². The van der Waals surface area contributed by atoms with Crippen molar-refractivity contribution in [3.8, 4) is 0 Å². The monoisotopic (exact) mass is 312 g/mol. The van der Waals surface area contributed by atoms with Crippen LogP contribution >= 0.6 is 0 Å². The zero-order valence-corrected chi connectivity index (χ0v) is 16.2. The molecular formula is FeZn4. The van der Waals surface area contributed by atoms with Crippen LogP contribution in [0.3, 0.4) is 0 Å². The molecule has 5 heavy (non-hydrogen) atoms. The van der Waals surface area contributed by atoms with Gasteiger partial charge in [-0.15, -0.1) is 0 Å². The predicted molar refractivity (Wildman–Crippen MR) is 0 cm³/mol. The van der Waals surface area contributed by atoms with Gasteiger partial charge in [0.25, 0.3) is 0 Å². The van der Waals surface area contributed by atoms with Crippen molar-refractivity contribution < 1.29 is 95.0 Å². The van der Waals surface area contributed by atoms with Gasteiger partial charge < -0.3 is 0 Å². The second-order valence-corrected chi connectivity index (χ2v) is 0. The summed E-state index contributed by atoms with van der Waals surface area (Å²) in [4.78, 5) is 0. The Balaban J connectivity index is 0. The van der Waals surface area contributed by atoms with Crippen LogP contribution in [0.2, 0.25) is 0 Å². The number of hydrogen-bond donors (Lipinski definition) is 0. The molecule has 0 fully saturated rings. The summed E-state index contributed by atoms with van der Waals surface area (Å²) in [5.41, 5.74) is 0. The van der Waals surface area contributed by atoms with Crippen LogP contribution in [0.1, 0.15) is 0 Å². The van der Waals surface area contributed by atoms with Crippen LogP contribution in [0.5, 0.6) is 0 Å². The van der Waals surface area contributed by atoms with Crippen LogP contribution in [0, 0.1) is 0 Å². The topological polar surface area (TPSA) is 0 Å².